The summed E-state index contributed by atoms with van der Waals surface area (Å²) in [5.41, 5.74) is 0. The molecule has 1 amide bonds. The average Bonchev–Trinajstić information content (AvgIpc) is 2.02. The lowest BCUT2D eigenvalue weighted by Crippen LogP contribution is -2.46. The van der Waals surface area contributed by atoms with E-state index in [4.69, 9.17) is 5.11 Å². The quantitative estimate of drug-likeness (QED) is 0.520. The number of carbonyl (C=O) groups excluding carboxylic acids is 1. The lowest BCUT2D eigenvalue weighted by molar-refractivity contribution is -0.141. The van der Waals surface area contributed by atoms with E-state index in [0.29, 0.717) is 0 Å². The van der Waals surface area contributed by atoms with Gasteiger partial charge in [0.2, 0.25) is 5.91 Å². The van der Waals surface area contributed by atoms with Gasteiger partial charge < -0.3 is 15.7 Å². The topological polar surface area (TPSA) is 78.4 Å². The van der Waals surface area contributed by atoms with E-state index < -0.39 is 12.0 Å². The molecule has 0 saturated heterocycles. The van der Waals surface area contributed by atoms with Gasteiger partial charge in [0.1, 0.15) is 6.04 Å². The van der Waals surface area contributed by atoms with Crippen LogP contribution in [-0.2, 0) is 9.59 Å². The lowest BCUT2D eigenvalue weighted by Gasteiger charge is -2.13. The van der Waals surface area contributed by atoms with Gasteiger partial charge in [-0.3, -0.25) is 9.59 Å². The van der Waals surface area contributed by atoms with E-state index in [1.165, 1.54) is 6.92 Å². The molecule has 12 heavy (non-hydrogen) atoms. The predicted octanol–water partition coefficient (Wildman–Crippen LogP) is -0.816. The van der Waals surface area contributed by atoms with Crippen molar-refractivity contribution in [2.75, 3.05) is 7.05 Å². The maximum Gasteiger partial charge on any atom is 0.325 e. The Morgan fingerprint density at radius 1 is 1.25 bits per heavy atom. The molecule has 5 nitrogen and oxygen atoms in total. The van der Waals surface area contributed by atoms with Crippen LogP contribution in [0.2, 0.25) is 0 Å². The van der Waals surface area contributed by atoms with E-state index >= 15 is 0 Å². The van der Waals surface area contributed by atoms with Crippen LogP contribution >= 0.6 is 0 Å². The van der Waals surface area contributed by atoms with Crippen LogP contribution in [0, 0.1) is 0 Å². The smallest absolute Gasteiger partial charge is 0.325 e. The van der Waals surface area contributed by atoms with Crippen molar-refractivity contribution in [1.82, 2.24) is 10.6 Å². The Kier molecular flexibility index (Phi) is 4.28. The summed E-state index contributed by atoms with van der Waals surface area (Å²) in [6, 6.07) is -1.21. The van der Waals surface area contributed by atoms with Crippen LogP contribution in [0.1, 0.15) is 13.8 Å². The fourth-order valence-electron chi connectivity index (χ4n) is 0.531. The van der Waals surface area contributed by atoms with Gasteiger partial charge in [-0.05, 0) is 20.9 Å². The maximum atomic E-state index is 11.1. The summed E-state index contributed by atoms with van der Waals surface area (Å²) in [5.74, 6) is -1.35. The summed E-state index contributed by atoms with van der Waals surface area (Å²) in [5, 5.41) is 13.5. The van der Waals surface area contributed by atoms with Crippen molar-refractivity contribution in [3.8, 4) is 0 Å². The van der Waals surface area contributed by atoms with Gasteiger partial charge in [-0.1, -0.05) is 0 Å². The predicted molar refractivity (Wildman–Crippen MR) is 43.8 cm³/mol. The van der Waals surface area contributed by atoms with Gasteiger partial charge in [0.15, 0.2) is 0 Å². The second-order valence-electron chi connectivity index (χ2n) is 2.58. The van der Waals surface area contributed by atoms with Crippen LogP contribution in [0.5, 0.6) is 0 Å². The number of likely N-dealkylation sites (N-methyl/N-ethyl adjacent to an activating group) is 1. The largest absolute Gasteiger partial charge is 0.480 e. The molecule has 0 radical (unpaired) electrons. The molecule has 70 valence electrons. The first-order valence-corrected chi connectivity index (χ1v) is 3.69. The van der Waals surface area contributed by atoms with Crippen molar-refractivity contribution in [2.45, 2.75) is 25.9 Å². The molecule has 0 unspecified atom stereocenters. The van der Waals surface area contributed by atoms with Crippen molar-refractivity contribution < 1.29 is 14.7 Å². The van der Waals surface area contributed by atoms with Gasteiger partial charge in [0.25, 0.3) is 0 Å². The summed E-state index contributed by atoms with van der Waals surface area (Å²) in [7, 11) is 1.63. The number of carbonyl (C=O) groups is 2. The molecule has 0 aliphatic heterocycles. The van der Waals surface area contributed by atoms with E-state index in [9.17, 15) is 9.59 Å². The third-order valence-corrected chi connectivity index (χ3v) is 1.56. The normalized spacial score (nSPS) is 14.9. The second-order valence-corrected chi connectivity index (χ2v) is 2.58. The summed E-state index contributed by atoms with van der Waals surface area (Å²) in [6.07, 6.45) is 0. The third kappa shape index (κ3) is 3.34. The molecule has 0 aromatic carbocycles. The number of nitrogens with one attached hydrogen (secondary N) is 2. The van der Waals surface area contributed by atoms with Gasteiger partial charge in [0, 0.05) is 0 Å². The highest BCUT2D eigenvalue weighted by molar-refractivity contribution is 5.86. The van der Waals surface area contributed by atoms with Crippen molar-refractivity contribution in [3.63, 3.8) is 0 Å². The summed E-state index contributed by atoms with van der Waals surface area (Å²) in [4.78, 5) is 21.4. The number of hydrogen-bond donors (Lipinski definition) is 3. The molecule has 2 atom stereocenters. The molecule has 0 rings (SSSR count). The SMILES string of the molecule is CN[C@H](C)C(=O)N[C@H](C)C(=O)O. The standard InChI is InChI=1S/C7H14N2O3/c1-4(8-3)6(10)9-5(2)7(11)12/h4-5,8H,1-3H3,(H,9,10)(H,11,12)/t4-,5-/m1/s1. The summed E-state index contributed by atoms with van der Waals surface area (Å²) >= 11 is 0. The van der Waals surface area contributed by atoms with E-state index in [0.717, 1.165) is 0 Å². The first-order valence-electron chi connectivity index (χ1n) is 3.69. The van der Waals surface area contributed by atoms with Crippen LogP contribution in [0.25, 0.3) is 0 Å². The minimum Gasteiger partial charge on any atom is -0.480 e. The molecular weight excluding hydrogens is 160 g/mol. The molecule has 0 spiro atoms. The summed E-state index contributed by atoms with van der Waals surface area (Å²) in [6.45, 7) is 3.08. The third-order valence-electron chi connectivity index (χ3n) is 1.56. The molecule has 0 aromatic rings. The molecule has 0 heterocycles. The zero-order chi connectivity index (χ0) is 9.72. The Morgan fingerprint density at radius 2 is 1.75 bits per heavy atom. The fraction of sp³-hybridized carbons (Fsp3) is 0.714. The number of rotatable bonds is 4. The van der Waals surface area contributed by atoms with Gasteiger partial charge in [-0.25, -0.2) is 0 Å². The Morgan fingerprint density at radius 3 is 2.08 bits per heavy atom. The Balaban J connectivity index is 3.92. The Labute approximate surface area is 71.1 Å². The van der Waals surface area contributed by atoms with E-state index in [1.54, 1.807) is 14.0 Å². The van der Waals surface area contributed by atoms with Gasteiger partial charge in [-0.15, -0.1) is 0 Å². The molecule has 0 aromatic heterocycles. The van der Waals surface area contributed by atoms with Crippen LogP contribution in [0.3, 0.4) is 0 Å². The first-order chi connectivity index (χ1) is 5.49. The zero-order valence-electron chi connectivity index (χ0n) is 7.42. The van der Waals surface area contributed by atoms with Crippen LogP contribution in [0.4, 0.5) is 0 Å². The van der Waals surface area contributed by atoms with E-state index in [2.05, 4.69) is 10.6 Å². The van der Waals surface area contributed by atoms with Crippen LogP contribution < -0.4 is 10.6 Å². The zero-order valence-corrected chi connectivity index (χ0v) is 7.42. The van der Waals surface area contributed by atoms with Crippen molar-refractivity contribution in [2.24, 2.45) is 0 Å². The monoisotopic (exact) mass is 174 g/mol. The number of carboxylic acid groups (broad SMARTS) is 1. The number of carboxylic acids is 1. The summed E-state index contributed by atoms with van der Waals surface area (Å²) < 4.78 is 0. The van der Waals surface area contributed by atoms with Crippen molar-refractivity contribution in [1.29, 1.82) is 0 Å². The van der Waals surface area contributed by atoms with Crippen LogP contribution in [-0.4, -0.2) is 36.1 Å². The first kappa shape index (κ1) is 10.9. The van der Waals surface area contributed by atoms with Gasteiger partial charge in [-0.2, -0.15) is 0 Å². The Bertz CT molecular complexity index is 181. The minimum absolute atomic E-state index is 0.313. The second kappa shape index (κ2) is 4.71. The van der Waals surface area contributed by atoms with E-state index in [-0.39, 0.29) is 11.9 Å². The highest BCUT2D eigenvalue weighted by Gasteiger charge is 2.16. The fourth-order valence-corrected chi connectivity index (χ4v) is 0.531. The maximum absolute atomic E-state index is 11.1. The molecule has 0 aliphatic rings. The highest BCUT2D eigenvalue weighted by Crippen LogP contribution is 1.85. The van der Waals surface area contributed by atoms with Crippen LogP contribution in [0.15, 0.2) is 0 Å². The van der Waals surface area contributed by atoms with E-state index in [1.807, 2.05) is 0 Å². The van der Waals surface area contributed by atoms with Gasteiger partial charge >= 0.3 is 5.97 Å². The van der Waals surface area contributed by atoms with Crippen molar-refractivity contribution >= 4 is 11.9 Å². The molecule has 0 bridgehead atoms. The molecule has 0 aliphatic carbocycles. The average molecular weight is 174 g/mol. The molecule has 3 N–H and O–H groups in total. The lowest BCUT2D eigenvalue weighted by atomic mass is 10.3. The molecule has 5 heteroatoms. The molecule has 0 fully saturated rings. The van der Waals surface area contributed by atoms with Gasteiger partial charge in [0.05, 0.1) is 6.04 Å². The number of amides is 1. The Hall–Kier alpha value is -1.10. The number of aliphatic carboxylic acids is 1. The number of hydrogen-bond acceptors (Lipinski definition) is 3. The highest BCUT2D eigenvalue weighted by atomic mass is 16.4. The molecular formula is C7H14N2O3. The minimum atomic E-state index is -1.04. The molecule has 0 saturated carbocycles. The van der Waals surface area contributed by atoms with Crippen molar-refractivity contribution in [3.05, 3.63) is 0 Å².